The summed E-state index contributed by atoms with van der Waals surface area (Å²) >= 11 is 7.25. The number of nitrogens with zero attached hydrogens (tertiary/aromatic N) is 2. The van der Waals surface area contributed by atoms with Gasteiger partial charge in [0.15, 0.2) is 0 Å². The van der Waals surface area contributed by atoms with Crippen LogP contribution in [0.25, 0.3) is 21.7 Å². The van der Waals surface area contributed by atoms with E-state index < -0.39 is 11.6 Å². The Hall–Kier alpha value is -1.92. The van der Waals surface area contributed by atoms with E-state index in [-0.39, 0.29) is 5.56 Å². The third-order valence-corrected chi connectivity index (χ3v) is 4.34. The minimum atomic E-state index is -0.682. The Morgan fingerprint density at radius 3 is 2.62 bits per heavy atom. The van der Waals surface area contributed by atoms with E-state index in [1.807, 2.05) is 0 Å². The largest absolute Gasteiger partial charge is 0.383 e. The van der Waals surface area contributed by atoms with Crippen LogP contribution in [0.3, 0.4) is 0 Å². The maximum Gasteiger partial charge on any atom is 0.134 e. The first kappa shape index (κ1) is 14.0. The van der Waals surface area contributed by atoms with Crippen LogP contribution in [0.15, 0.2) is 30.3 Å². The zero-order chi connectivity index (χ0) is 15.1. The fourth-order valence-electron chi connectivity index (χ4n) is 2.11. The fraction of sp³-hybridized carbons (Fsp3) is 0.0714. The summed E-state index contributed by atoms with van der Waals surface area (Å²) in [4.78, 5) is 0.769. The molecule has 0 spiro atoms. The molecule has 1 aromatic carbocycles. The third-order valence-electron chi connectivity index (χ3n) is 3.10. The van der Waals surface area contributed by atoms with Crippen LogP contribution in [0.2, 0.25) is 4.34 Å². The Labute approximate surface area is 128 Å². The highest BCUT2D eigenvalue weighted by Gasteiger charge is 2.21. The molecular formula is C14H10ClF2N3S. The molecular weight excluding hydrogens is 316 g/mol. The van der Waals surface area contributed by atoms with Crippen LogP contribution in [0.5, 0.6) is 0 Å². The maximum atomic E-state index is 14.1. The van der Waals surface area contributed by atoms with E-state index in [4.69, 9.17) is 17.3 Å². The Morgan fingerprint density at radius 1 is 1.24 bits per heavy atom. The summed E-state index contributed by atoms with van der Waals surface area (Å²) in [6.45, 7) is 0. The number of nitrogen functional groups attached to an aromatic ring is 1. The van der Waals surface area contributed by atoms with E-state index in [9.17, 15) is 8.78 Å². The molecule has 0 aliphatic heterocycles. The number of rotatable bonds is 2. The molecule has 0 aliphatic carbocycles. The number of aromatic nitrogens is 2. The summed E-state index contributed by atoms with van der Waals surface area (Å²) in [5.41, 5.74) is 7.17. The van der Waals surface area contributed by atoms with E-state index in [0.717, 1.165) is 10.9 Å². The van der Waals surface area contributed by atoms with Gasteiger partial charge in [0.05, 0.1) is 14.8 Å². The molecule has 3 rings (SSSR count). The van der Waals surface area contributed by atoms with E-state index in [1.54, 1.807) is 19.2 Å². The zero-order valence-corrected chi connectivity index (χ0v) is 12.5. The summed E-state index contributed by atoms with van der Waals surface area (Å²) in [6, 6.07) is 6.90. The minimum absolute atomic E-state index is 0.210. The normalized spacial score (nSPS) is 11.0. The van der Waals surface area contributed by atoms with Crippen LogP contribution >= 0.6 is 22.9 Å². The van der Waals surface area contributed by atoms with E-state index in [2.05, 4.69) is 5.10 Å². The van der Waals surface area contributed by atoms with Gasteiger partial charge in [-0.15, -0.1) is 11.3 Å². The van der Waals surface area contributed by atoms with E-state index >= 15 is 0 Å². The van der Waals surface area contributed by atoms with Gasteiger partial charge < -0.3 is 5.73 Å². The van der Waals surface area contributed by atoms with E-state index in [1.165, 1.54) is 28.2 Å². The van der Waals surface area contributed by atoms with Crippen molar-refractivity contribution in [3.05, 3.63) is 46.3 Å². The van der Waals surface area contributed by atoms with Crippen molar-refractivity contribution in [1.82, 2.24) is 9.78 Å². The topological polar surface area (TPSA) is 43.8 Å². The molecule has 2 aromatic heterocycles. The van der Waals surface area contributed by atoms with Crippen molar-refractivity contribution in [2.45, 2.75) is 0 Å². The predicted octanol–water partition coefficient (Wildman–Crippen LogP) is 4.33. The predicted molar refractivity (Wildman–Crippen MR) is 81.3 cm³/mol. The van der Waals surface area contributed by atoms with Crippen LogP contribution in [0, 0.1) is 11.6 Å². The van der Waals surface area contributed by atoms with Gasteiger partial charge in [0.2, 0.25) is 0 Å². The third kappa shape index (κ3) is 2.41. The van der Waals surface area contributed by atoms with Crippen LogP contribution in [-0.2, 0) is 7.05 Å². The number of nitrogens with two attached hydrogens (primary N) is 1. The van der Waals surface area contributed by atoms with Gasteiger partial charge >= 0.3 is 0 Å². The van der Waals surface area contributed by atoms with Crippen molar-refractivity contribution >= 4 is 28.8 Å². The lowest BCUT2D eigenvalue weighted by Gasteiger charge is -2.05. The molecule has 0 unspecified atom stereocenters. The first-order chi connectivity index (χ1) is 9.97. The Balaban J connectivity index is 2.26. The number of aryl methyl sites for hydroxylation is 1. The number of anilines is 1. The van der Waals surface area contributed by atoms with Gasteiger partial charge in [-0.05, 0) is 24.3 Å². The van der Waals surface area contributed by atoms with Crippen LogP contribution < -0.4 is 5.73 Å². The van der Waals surface area contributed by atoms with Gasteiger partial charge in [0, 0.05) is 18.7 Å². The van der Waals surface area contributed by atoms with Crippen LogP contribution in [-0.4, -0.2) is 9.78 Å². The summed E-state index contributed by atoms with van der Waals surface area (Å²) in [6.07, 6.45) is 0. The first-order valence-electron chi connectivity index (χ1n) is 6.01. The second kappa shape index (κ2) is 5.13. The molecule has 0 bridgehead atoms. The molecule has 0 saturated carbocycles. The highest BCUT2D eigenvalue weighted by atomic mass is 35.5. The molecule has 3 nitrogen and oxygen atoms in total. The van der Waals surface area contributed by atoms with Crippen molar-refractivity contribution in [3.8, 4) is 21.7 Å². The molecule has 108 valence electrons. The van der Waals surface area contributed by atoms with Crippen molar-refractivity contribution in [3.63, 3.8) is 0 Å². The van der Waals surface area contributed by atoms with Crippen LogP contribution in [0.4, 0.5) is 14.6 Å². The fourth-order valence-corrected chi connectivity index (χ4v) is 3.14. The van der Waals surface area contributed by atoms with Gasteiger partial charge in [-0.1, -0.05) is 11.6 Å². The summed E-state index contributed by atoms with van der Waals surface area (Å²) in [5, 5.41) is 4.32. The van der Waals surface area contributed by atoms with Gasteiger partial charge in [0.25, 0.3) is 0 Å². The lowest BCUT2D eigenvalue weighted by Crippen LogP contribution is -1.98. The summed E-state index contributed by atoms with van der Waals surface area (Å²) in [5.74, 6) is -1.02. The van der Waals surface area contributed by atoms with Gasteiger partial charge in [-0.25, -0.2) is 8.78 Å². The maximum absolute atomic E-state index is 14.1. The van der Waals surface area contributed by atoms with Gasteiger partial charge in [0.1, 0.15) is 23.1 Å². The van der Waals surface area contributed by atoms with E-state index in [0.29, 0.717) is 21.4 Å². The zero-order valence-electron chi connectivity index (χ0n) is 10.9. The molecule has 7 heteroatoms. The second-order valence-corrected chi connectivity index (χ2v) is 6.18. The number of benzene rings is 1. The molecule has 0 atom stereocenters. The quantitative estimate of drug-likeness (QED) is 0.762. The molecule has 2 heterocycles. The smallest absolute Gasteiger partial charge is 0.134 e. The molecule has 21 heavy (non-hydrogen) atoms. The first-order valence-corrected chi connectivity index (χ1v) is 7.20. The minimum Gasteiger partial charge on any atom is -0.383 e. The van der Waals surface area contributed by atoms with Gasteiger partial charge in [-0.3, -0.25) is 4.68 Å². The number of thiophene rings is 1. The lowest BCUT2D eigenvalue weighted by molar-refractivity contribution is 0.585. The molecule has 0 amide bonds. The summed E-state index contributed by atoms with van der Waals surface area (Å²) in [7, 11) is 1.67. The average Bonchev–Trinajstić information content (AvgIpc) is 2.96. The Morgan fingerprint density at radius 2 is 2.00 bits per heavy atom. The molecule has 0 radical (unpaired) electrons. The summed E-state index contributed by atoms with van der Waals surface area (Å²) < 4.78 is 29.2. The van der Waals surface area contributed by atoms with Crippen molar-refractivity contribution in [2.24, 2.45) is 7.05 Å². The van der Waals surface area contributed by atoms with Crippen molar-refractivity contribution < 1.29 is 8.78 Å². The Kier molecular flexibility index (Phi) is 3.43. The monoisotopic (exact) mass is 325 g/mol. The molecule has 2 N–H and O–H groups in total. The van der Waals surface area contributed by atoms with Crippen molar-refractivity contribution in [1.29, 1.82) is 0 Å². The van der Waals surface area contributed by atoms with Crippen LogP contribution in [0.1, 0.15) is 0 Å². The number of hydrogen-bond donors (Lipinski definition) is 1. The number of halogens is 3. The highest BCUT2D eigenvalue weighted by Crippen LogP contribution is 2.40. The Bertz CT molecular complexity index is 826. The molecule has 0 fully saturated rings. The number of hydrogen-bond acceptors (Lipinski definition) is 3. The average molecular weight is 326 g/mol. The molecule has 3 aromatic rings. The SMILES string of the molecule is Cn1nc(-c2ccc(Cl)s2)c(-c2ccc(F)cc2F)c1N. The second-order valence-electron chi connectivity index (χ2n) is 4.46. The standard InChI is InChI=1S/C14H10ClF2N3S/c1-20-14(18)12(8-3-2-7(16)6-9(8)17)13(19-20)10-4-5-11(15)21-10/h2-6H,18H2,1H3. The molecule has 0 aliphatic rings. The van der Waals surface area contributed by atoms with Crippen molar-refractivity contribution in [2.75, 3.05) is 5.73 Å². The highest BCUT2D eigenvalue weighted by molar-refractivity contribution is 7.19. The molecule has 0 saturated heterocycles. The lowest BCUT2D eigenvalue weighted by atomic mass is 10.0. The van der Waals surface area contributed by atoms with Gasteiger partial charge in [-0.2, -0.15) is 5.10 Å².